The molecule has 0 bridgehead atoms. The van der Waals surface area contributed by atoms with E-state index < -0.39 is 17.8 Å². The summed E-state index contributed by atoms with van der Waals surface area (Å²) in [5, 5.41) is 16.2. The van der Waals surface area contributed by atoms with E-state index >= 15 is 0 Å². The van der Waals surface area contributed by atoms with Gasteiger partial charge in [0.2, 0.25) is 5.91 Å². The molecule has 12 heteroatoms. The molecule has 210 valence electrons. The van der Waals surface area contributed by atoms with Crippen LogP contribution in [0.3, 0.4) is 0 Å². The smallest absolute Gasteiger partial charge is 0.226 e. The van der Waals surface area contributed by atoms with Crippen LogP contribution in [0.2, 0.25) is 0 Å². The quantitative estimate of drug-likeness (QED) is 0.138. The van der Waals surface area contributed by atoms with E-state index in [0.717, 1.165) is 37.1 Å². The molecule has 1 amide bonds. The Hall–Kier alpha value is -2.96. The van der Waals surface area contributed by atoms with E-state index in [1.54, 1.807) is 11.8 Å². The minimum Gasteiger partial charge on any atom is -0.399 e. The van der Waals surface area contributed by atoms with Gasteiger partial charge in [0.05, 0.1) is 12.0 Å². The summed E-state index contributed by atoms with van der Waals surface area (Å²) in [6, 6.07) is 7.24. The van der Waals surface area contributed by atoms with Gasteiger partial charge in [-0.1, -0.05) is 49.4 Å². The minimum atomic E-state index is -0.819. The molecule has 1 aliphatic carbocycles. The number of unbranched alkanes of at least 4 members (excludes halogenated alkanes) is 1. The van der Waals surface area contributed by atoms with Crippen LogP contribution in [0.25, 0.3) is 11.2 Å². The van der Waals surface area contributed by atoms with Crippen LogP contribution >= 0.6 is 11.8 Å². The maximum Gasteiger partial charge on any atom is 0.226 e. The van der Waals surface area contributed by atoms with Gasteiger partial charge in [0.25, 0.3) is 0 Å². The first-order chi connectivity index (χ1) is 18.8. The van der Waals surface area contributed by atoms with Gasteiger partial charge < -0.3 is 25.8 Å². The second-order valence-corrected chi connectivity index (χ2v) is 11.7. The van der Waals surface area contributed by atoms with Gasteiger partial charge in [-0.05, 0) is 50.8 Å². The summed E-state index contributed by atoms with van der Waals surface area (Å²) in [4.78, 5) is 23.0. The van der Waals surface area contributed by atoms with Crippen molar-refractivity contribution < 1.29 is 14.3 Å². The molecule has 0 radical (unpaired) electrons. The predicted octanol–water partition coefficient (Wildman–Crippen LogP) is 3.92. The number of thioether (sulfide) groups is 1. The van der Waals surface area contributed by atoms with Gasteiger partial charge in [-0.3, -0.25) is 4.79 Å². The lowest BCUT2D eigenvalue weighted by Crippen LogP contribution is -2.37. The zero-order valence-electron chi connectivity index (χ0n) is 23.0. The molecule has 4 atom stereocenters. The molecule has 3 heterocycles. The third kappa shape index (κ3) is 5.97. The van der Waals surface area contributed by atoms with Gasteiger partial charge in [0.15, 0.2) is 27.9 Å². The van der Waals surface area contributed by atoms with Gasteiger partial charge >= 0.3 is 0 Å². The number of benzene rings is 1. The Bertz CT molecular complexity index is 1320. The van der Waals surface area contributed by atoms with Gasteiger partial charge in [0.1, 0.15) is 12.2 Å². The van der Waals surface area contributed by atoms with Gasteiger partial charge in [-0.25, -0.2) is 14.6 Å². The van der Waals surface area contributed by atoms with Crippen molar-refractivity contribution in [2.45, 2.75) is 89.1 Å². The van der Waals surface area contributed by atoms with E-state index in [9.17, 15) is 4.79 Å². The van der Waals surface area contributed by atoms with Crippen molar-refractivity contribution in [2.75, 3.05) is 23.3 Å². The Kier molecular flexibility index (Phi) is 8.24. The zero-order chi connectivity index (χ0) is 27.6. The van der Waals surface area contributed by atoms with Gasteiger partial charge in [-0.2, -0.15) is 0 Å². The number of nitrogens with zero attached hydrogens (tertiary/aromatic N) is 5. The summed E-state index contributed by atoms with van der Waals surface area (Å²) in [5.41, 5.74) is 8.77. The molecule has 39 heavy (non-hydrogen) atoms. The van der Waals surface area contributed by atoms with Crippen molar-refractivity contribution in [1.29, 1.82) is 0 Å². The first-order valence-corrected chi connectivity index (χ1v) is 14.8. The van der Waals surface area contributed by atoms with E-state index in [0.29, 0.717) is 40.8 Å². The summed E-state index contributed by atoms with van der Waals surface area (Å²) in [6.07, 6.45) is 2.82. The van der Waals surface area contributed by atoms with Gasteiger partial charge in [-0.15, -0.1) is 5.10 Å². The first kappa shape index (κ1) is 27.6. The number of nitrogens with two attached hydrogens (primary N) is 1. The third-order valence-corrected chi connectivity index (χ3v) is 8.12. The third-order valence-electron chi connectivity index (χ3n) is 7.06. The standard InChI is InChI=1S/C27H38N8O3S/c1-5-7-11-29-23-20-24(32-26(31-23)39-12-6-2)35(34-33-20)19-14-18(21-22(19)38-27(3,4)37-21)25(36)30-15-16-9-8-10-17(28)13-16/h8-10,13,18-19,21-22H,5-7,11-12,14-15,28H2,1-4H3,(H,30,36)(H,29,31,32)/t18-,19+,21+,22-/m0/s1. The van der Waals surface area contributed by atoms with Crippen LogP contribution in [0.1, 0.15) is 65.0 Å². The van der Waals surface area contributed by atoms with Gasteiger partial charge in [0, 0.05) is 24.5 Å². The predicted molar refractivity (Wildman–Crippen MR) is 151 cm³/mol. The van der Waals surface area contributed by atoms with Crippen LogP contribution in [0, 0.1) is 5.92 Å². The van der Waals surface area contributed by atoms with Crippen LogP contribution in [0.15, 0.2) is 29.4 Å². The number of amides is 1. The zero-order valence-corrected chi connectivity index (χ0v) is 23.8. The SMILES string of the molecule is CCCCNc1nc(SCCC)nc2c1nnn2[C@@H]1C[C@H](C(=O)NCc2cccc(N)c2)[C@H]2OC(C)(C)O[C@H]21. The number of ether oxygens (including phenoxy) is 2. The molecule has 5 rings (SSSR count). The Morgan fingerprint density at radius 1 is 1.21 bits per heavy atom. The van der Waals surface area contributed by atoms with Crippen molar-refractivity contribution in [3.05, 3.63) is 29.8 Å². The molecule has 2 fully saturated rings. The Morgan fingerprint density at radius 2 is 2.03 bits per heavy atom. The van der Waals surface area contributed by atoms with Crippen LogP contribution in [-0.4, -0.2) is 61.2 Å². The van der Waals surface area contributed by atoms with E-state index in [2.05, 4.69) is 34.8 Å². The number of nitrogens with one attached hydrogen (secondary N) is 2. The van der Waals surface area contributed by atoms with Crippen LogP contribution in [0.5, 0.6) is 0 Å². The topological polar surface area (TPSA) is 142 Å². The molecule has 2 aliphatic rings. The number of fused-ring (bicyclic) bond motifs is 2. The lowest BCUT2D eigenvalue weighted by atomic mass is 10.0. The molecule has 4 N–H and O–H groups in total. The fourth-order valence-corrected chi connectivity index (χ4v) is 5.96. The number of rotatable bonds is 11. The van der Waals surface area contributed by atoms with E-state index in [4.69, 9.17) is 25.2 Å². The highest BCUT2D eigenvalue weighted by molar-refractivity contribution is 7.99. The minimum absolute atomic E-state index is 0.0867. The highest BCUT2D eigenvalue weighted by atomic mass is 32.2. The average Bonchev–Trinajstić information content (AvgIpc) is 3.56. The summed E-state index contributed by atoms with van der Waals surface area (Å²) < 4.78 is 14.4. The highest BCUT2D eigenvalue weighted by Crippen LogP contribution is 2.47. The van der Waals surface area contributed by atoms with Crippen molar-refractivity contribution in [1.82, 2.24) is 30.3 Å². The molecule has 0 spiro atoms. The maximum absolute atomic E-state index is 13.4. The molecule has 1 aliphatic heterocycles. The van der Waals surface area contributed by atoms with E-state index in [-0.39, 0.29) is 18.1 Å². The molecular formula is C27H38N8O3S. The summed E-state index contributed by atoms with van der Waals surface area (Å²) in [5.74, 6) is 0.279. The monoisotopic (exact) mass is 554 g/mol. The van der Waals surface area contributed by atoms with Crippen molar-refractivity contribution in [3.63, 3.8) is 0 Å². The molecular weight excluding hydrogens is 516 g/mol. The number of aromatic nitrogens is 5. The largest absolute Gasteiger partial charge is 0.399 e. The molecule has 2 aromatic heterocycles. The first-order valence-electron chi connectivity index (χ1n) is 13.8. The lowest BCUT2D eigenvalue weighted by Gasteiger charge is -2.23. The average molecular weight is 555 g/mol. The van der Waals surface area contributed by atoms with E-state index in [1.165, 1.54) is 0 Å². The van der Waals surface area contributed by atoms with Crippen LogP contribution in [-0.2, 0) is 20.8 Å². The number of anilines is 2. The summed E-state index contributed by atoms with van der Waals surface area (Å²) in [6.45, 7) is 9.22. The number of carbonyl (C=O) groups is 1. The molecule has 11 nitrogen and oxygen atoms in total. The molecule has 1 saturated carbocycles. The van der Waals surface area contributed by atoms with Crippen molar-refractivity contribution in [3.8, 4) is 0 Å². The fourth-order valence-electron chi connectivity index (χ4n) is 5.27. The van der Waals surface area contributed by atoms with Crippen LogP contribution in [0.4, 0.5) is 11.5 Å². The lowest BCUT2D eigenvalue weighted by molar-refractivity contribution is -0.163. The maximum atomic E-state index is 13.4. The van der Waals surface area contributed by atoms with Crippen molar-refractivity contribution >= 4 is 40.3 Å². The normalized spacial score (nSPS) is 23.7. The number of hydrogen-bond donors (Lipinski definition) is 3. The highest BCUT2D eigenvalue weighted by Gasteiger charge is 2.57. The molecule has 0 unspecified atom stereocenters. The molecule has 1 aromatic carbocycles. The summed E-state index contributed by atoms with van der Waals surface area (Å²) >= 11 is 1.61. The second-order valence-electron chi connectivity index (χ2n) is 10.6. The Labute approximate surface area is 233 Å². The molecule has 3 aromatic rings. The van der Waals surface area contributed by atoms with Crippen LogP contribution < -0.4 is 16.4 Å². The number of nitrogen functional groups attached to an aromatic ring is 1. The Morgan fingerprint density at radius 3 is 2.79 bits per heavy atom. The number of hydrogen-bond acceptors (Lipinski definition) is 10. The Balaban J connectivity index is 1.43. The molecule has 1 saturated heterocycles. The van der Waals surface area contributed by atoms with Crippen molar-refractivity contribution in [2.24, 2.45) is 5.92 Å². The fraction of sp³-hybridized carbons (Fsp3) is 0.593. The summed E-state index contributed by atoms with van der Waals surface area (Å²) in [7, 11) is 0. The van der Waals surface area contributed by atoms with E-state index in [1.807, 2.05) is 42.8 Å². The second kappa shape index (κ2) is 11.6. The number of carbonyl (C=O) groups excluding carboxylic acids is 1.